The fraction of sp³-hybridized carbons (Fsp3) is 0.988. The summed E-state index contributed by atoms with van der Waals surface area (Å²) in [6, 6.07) is -0.883. The smallest absolute Gasteiger partial charge is 0.220 e. The number of carbonyl (C=O) groups is 1. The first-order valence-electron chi connectivity index (χ1n) is 44.3. The second kappa shape index (κ2) is 66.4. The Morgan fingerprint density at radius 1 is 0.308 bits per heavy atom. The van der Waals surface area contributed by atoms with Crippen LogP contribution in [-0.4, -0.2) is 193 Å². The number of aliphatic hydroxyl groups is 11. The summed E-state index contributed by atoms with van der Waals surface area (Å²) in [6.07, 6.45) is 52.4. The lowest BCUT2D eigenvalue weighted by Gasteiger charge is -2.48. The molecular weight excluding hydrogens is 1320 g/mol. The zero-order valence-electron chi connectivity index (χ0n) is 66.6. The molecule has 0 aromatic rings. The largest absolute Gasteiger partial charge is 0.394 e. The van der Waals surface area contributed by atoms with Gasteiger partial charge in [0.15, 0.2) is 18.9 Å². The maximum Gasteiger partial charge on any atom is 0.220 e. The van der Waals surface area contributed by atoms with Gasteiger partial charge in [-0.3, -0.25) is 4.79 Å². The molecule has 1 amide bonds. The molecule has 104 heavy (non-hydrogen) atoms. The van der Waals surface area contributed by atoms with Gasteiger partial charge in [0.2, 0.25) is 5.91 Å². The van der Waals surface area contributed by atoms with E-state index in [2.05, 4.69) is 19.2 Å². The van der Waals surface area contributed by atoms with Gasteiger partial charge in [0.05, 0.1) is 38.6 Å². The van der Waals surface area contributed by atoms with Crippen LogP contribution in [0.15, 0.2) is 0 Å². The molecule has 0 radical (unpaired) electrons. The van der Waals surface area contributed by atoms with Crippen LogP contribution in [0.25, 0.3) is 0 Å². The van der Waals surface area contributed by atoms with E-state index in [1.807, 2.05) is 0 Å². The van der Waals surface area contributed by atoms with Gasteiger partial charge in [0.1, 0.15) is 73.2 Å². The maximum atomic E-state index is 13.5. The fourth-order valence-corrected chi connectivity index (χ4v) is 15.6. The van der Waals surface area contributed by atoms with Crippen molar-refractivity contribution in [3.63, 3.8) is 0 Å². The topological polar surface area (TPSA) is 307 Å². The Bertz CT molecular complexity index is 1880. The number of amides is 1. The summed E-state index contributed by atoms with van der Waals surface area (Å²) in [5.74, 6) is -0.232. The predicted octanol–water partition coefficient (Wildman–Crippen LogP) is 16.1. The highest BCUT2D eigenvalue weighted by molar-refractivity contribution is 5.76. The Kier molecular flexibility index (Phi) is 61.9. The second-order valence-corrected chi connectivity index (χ2v) is 32.1. The average molecular weight is 1490 g/mol. The lowest BCUT2D eigenvalue weighted by atomic mass is 9.96. The standard InChI is InChI=1S/C85H165NO18/c1-3-5-7-9-11-13-15-17-19-21-23-24-25-26-27-28-29-30-31-32-33-34-35-36-37-38-39-40-41-42-43-44-45-47-49-51-53-55-57-59-61-63-73(91)86-68(69(90)62-60-58-56-54-52-50-48-46-22-20-18-16-14-12-10-8-6-4-2)67-99-83-79(97)76(94)81(71(65-88)101-83)104-85-80(98)77(95)82(72(66-89)102-85)103-84-78(96)75(93)74(92)70(64-87)100-84/h68-72,74-85,87-90,92-98H,3-67H2,1-2H3,(H,86,91). The van der Waals surface area contributed by atoms with Gasteiger partial charge in [0, 0.05) is 6.42 Å². The molecule has 17 unspecified atom stereocenters. The minimum Gasteiger partial charge on any atom is -0.394 e. The molecule has 19 heteroatoms. The molecule has 0 aliphatic carbocycles. The quantitative estimate of drug-likeness (QED) is 0.0252. The third-order valence-electron chi connectivity index (χ3n) is 22.7. The van der Waals surface area contributed by atoms with Crippen LogP contribution >= 0.6 is 0 Å². The van der Waals surface area contributed by atoms with E-state index in [4.69, 9.17) is 28.4 Å². The molecule has 3 rings (SSSR count). The van der Waals surface area contributed by atoms with Crippen LogP contribution < -0.4 is 5.32 Å². The molecule has 0 bridgehead atoms. The summed E-state index contributed by atoms with van der Waals surface area (Å²) in [7, 11) is 0. The van der Waals surface area contributed by atoms with E-state index >= 15 is 0 Å². The number of hydrogen-bond acceptors (Lipinski definition) is 18. The number of unbranched alkanes of at least 4 members (excludes halogenated alkanes) is 57. The molecule has 19 nitrogen and oxygen atoms in total. The van der Waals surface area contributed by atoms with E-state index < -0.39 is 124 Å². The van der Waals surface area contributed by atoms with Crippen molar-refractivity contribution in [3.8, 4) is 0 Å². The number of rotatable bonds is 73. The third-order valence-corrected chi connectivity index (χ3v) is 22.7. The molecule has 17 atom stereocenters. The van der Waals surface area contributed by atoms with Crippen molar-refractivity contribution < 1.29 is 89.4 Å². The molecule has 0 spiro atoms. The maximum absolute atomic E-state index is 13.5. The number of carbonyl (C=O) groups excluding carboxylic acids is 1. The molecule has 3 heterocycles. The first kappa shape index (κ1) is 97.0. The minimum absolute atomic E-state index is 0.232. The SMILES string of the molecule is CCCCCCCCCCCCCCCCCCCCCCCCCCCCCCCCCCCCCCCCCCCC(=O)NC(COC1OC(CO)C(OC2OC(CO)C(OC3OC(CO)C(O)C(O)C3O)C(O)C2O)C(O)C1O)C(O)CCCCCCCCCCCCCCCCCCCC. The highest BCUT2D eigenvalue weighted by Crippen LogP contribution is 2.34. The molecule has 3 fully saturated rings. The Balaban J connectivity index is 1.26. The molecule has 0 aromatic carbocycles. The summed E-state index contributed by atoms with van der Waals surface area (Å²) in [5, 5.41) is 121. The van der Waals surface area contributed by atoms with Gasteiger partial charge in [-0.25, -0.2) is 0 Å². The van der Waals surface area contributed by atoms with Gasteiger partial charge < -0.3 is 89.9 Å². The van der Waals surface area contributed by atoms with E-state index in [0.717, 1.165) is 44.9 Å². The van der Waals surface area contributed by atoms with Crippen molar-refractivity contribution in [1.29, 1.82) is 0 Å². The van der Waals surface area contributed by atoms with Gasteiger partial charge in [-0.2, -0.15) is 0 Å². The third kappa shape index (κ3) is 45.3. The Morgan fingerprint density at radius 3 is 0.837 bits per heavy atom. The normalized spacial score (nSPS) is 25.8. The molecular formula is C85H165NO18. The van der Waals surface area contributed by atoms with Gasteiger partial charge in [-0.15, -0.1) is 0 Å². The Labute approximate surface area is 634 Å². The van der Waals surface area contributed by atoms with Crippen molar-refractivity contribution >= 4 is 5.91 Å². The summed E-state index contributed by atoms with van der Waals surface area (Å²) in [6.45, 7) is 1.87. The van der Waals surface area contributed by atoms with Crippen molar-refractivity contribution in [2.24, 2.45) is 0 Å². The molecule has 3 saturated heterocycles. The highest BCUT2D eigenvalue weighted by atomic mass is 16.8. The van der Waals surface area contributed by atoms with Crippen molar-refractivity contribution in [2.45, 2.75) is 510 Å². The van der Waals surface area contributed by atoms with E-state index in [1.54, 1.807) is 0 Å². The van der Waals surface area contributed by atoms with Crippen LogP contribution in [0.4, 0.5) is 0 Å². The van der Waals surface area contributed by atoms with Gasteiger partial charge >= 0.3 is 0 Å². The predicted molar refractivity (Wildman–Crippen MR) is 416 cm³/mol. The number of ether oxygens (including phenoxy) is 6. The Morgan fingerprint density at radius 2 is 0.548 bits per heavy atom. The van der Waals surface area contributed by atoms with Crippen LogP contribution in [0, 0.1) is 0 Å². The average Bonchev–Trinajstić information content (AvgIpc) is 0.783. The van der Waals surface area contributed by atoms with E-state index in [-0.39, 0.29) is 18.9 Å². The van der Waals surface area contributed by atoms with Gasteiger partial charge in [0.25, 0.3) is 0 Å². The van der Waals surface area contributed by atoms with Crippen molar-refractivity contribution in [2.75, 3.05) is 26.4 Å². The van der Waals surface area contributed by atoms with Crippen LogP contribution in [0.1, 0.15) is 406 Å². The van der Waals surface area contributed by atoms with E-state index in [9.17, 15) is 61.0 Å². The molecule has 3 aliphatic heterocycles. The summed E-state index contributed by atoms with van der Waals surface area (Å²) in [4.78, 5) is 13.5. The number of aliphatic hydroxyl groups excluding tert-OH is 11. The molecule has 0 aromatic heterocycles. The first-order chi connectivity index (χ1) is 50.8. The lowest BCUT2D eigenvalue weighted by Crippen LogP contribution is -2.66. The monoisotopic (exact) mass is 1490 g/mol. The van der Waals surface area contributed by atoms with Crippen LogP contribution in [0.2, 0.25) is 0 Å². The summed E-state index contributed by atoms with van der Waals surface area (Å²) in [5.41, 5.74) is 0. The van der Waals surface area contributed by atoms with Gasteiger partial charge in [-0.05, 0) is 12.8 Å². The van der Waals surface area contributed by atoms with E-state index in [1.165, 1.54) is 327 Å². The second-order valence-electron chi connectivity index (χ2n) is 32.1. The van der Waals surface area contributed by atoms with Crippen LogP contribution in [0.5, 0.6) is 0 Å². The first-order valence-corrected chi connectivity index (χ1v) is 44.3. The lowest BCUT2D eigenvalue weighted by molar-refractivity contribution is -0.379. The van der Waals surface area contributed by atoms with Crippen molar-refractivity contribution in [3.05, 3.63) is 0 Å². The molecule has 3 aliphatic rings. The van der Waals surface area contributed by atoms with Crippen LogP contribution in [0.3, 0.4) is 0 Å². The molecule has 0 saturated carbocycles. The number of hydrogen-bond donors (Lipinski definition) is 12. The fourth-order valence-electron chi connectivity index (χ4n) is 15.6. The highest BCUT2D eigenvalue weighted by Gasteiger charge is 2.54. The van der Waals surface area contributed by atoms with Crippen LogP contribution in [-0.2, 0) is 33.2 Å². The zero-order valence-corrected chi connectivity index (χ0v) is 66.6. The summed E-state index contributed by atoms with van der Waals surface area (Å²) < 4.78 is 34.5. The van der Waals surface area contributed by atoms with E-state index in [0.29, 0.717) is 12.8 Å². The van der Waals surface area contributed by atoms with Crippen molar-refractivity contribution in [1.82, 2.24) is 5.32 Å². The molecule has 12 N–H and O–H groups in total. The zero-order chi connectivity index (χ0) is 75.3. The molecule has 618 valence electrons. The Hall–Kier alpha value is -1.21. The number of nitrogens with one attached hydrogen (secondary N) is 1. The summed E-state index contributed by atoms with van der Waals surface area (Å²) >= 11 is 0. The minimum atomic E-state index is -1.97. The van der Waals surface area contributed by atoms with Gasteiger partial charge in [-0.1, -0.05) is 386 Å².